The molecule has 0 radical (unpaired) electrons. The highest BCUT2D eigenvalue weighted by Gasteiger charge is 2.20. The summed E-state index contributed by atoms with van der Waals surface area (Å²) >= 11 is 0. The van der Waals surface area contributed by atoms with Crippen molar-refractivity contribution in [2.24, 2.45) is 5.73 Å². The summed E-state index contributed by atoms with van der Waals surface area (Å²) in [5.41, 5.74) is 7.20. The molecule has 0 amide bonds. The molecule has 0 aliphatic heterocycles. The predicted molar refractivity (Wildman–Crippen MR) is 78.9 cm³/mol. The van der Waals surface area contributed by atoms with Gasteiger partial charge in [0, 0.05) is 17.6 Å². The maximum absolute atomic E-state index is 7.20. The van der Waals surface area contributed by atoms with E-state index in [4.69, 9.17) is 17.0 Å². The summed E-state index contributed by atoms with van der Waals surface area (Å²) in [5.74, 6) is 0.820. The minimum Gasteiger partial charge on any atom is -0.490 e. The van der Waals surface area contributed by atoms with Crippen LogP contribution >= 0.6 is 0 Å². The summed E-state index contributed by atoms with van der Waals surface area (Å²) in [7, 11) is 0. The zero-order chi connectivity index (χ0) is 13.9. The first kappa shape index (κ1) is 12.9. The number of hydrogen-bond donors (Lipinski definition) is 1. The van der Waals surface area contributed by atoms with E-state index in [1.807, 2.05) is 18.2 Å². The number of hydrogen-bond acceptors (Lipinski definition) is 3. The van der Waals surface area contributed by atoms with E-state index < -0.39 is 0 Å². The van der Waals surface area contributed by atoms with Gasteiger partial charge in [-0.3, -0.25) is 4.98 Å². The van der Waals surface area contributed by atoms with Crippen LogP contribution in [0.15, 0.2) is 30.5 Å². The normalized spacial score (nSPS) is 22.4. The zero-order valence-electron chi connectivity index (χ0n) is 11.2. The predicted octanol–water partition coefficient (Wildman–Crippen LogP) is 3.43. The van der Waals surface area contributed by atoms with Gasteiger partial charge in [-0.25, -0.2) is 4.85 Å². The molecule has 0 unspecified atom stereocenters. The summed E-state index contributed by atoms with van der Waals surface area (Å²) < 4.78 is 6.12. The van der Waals surface area contributed by atoms with Crippen molar-refractivity contribution in [3.05, 3.63) is 41.9 Å². The lowest BCUT2D eigenvalue weighted by molar-refractivity contribution is 0.149. The van der Waals surface area contributed by atoms with E-state index in [2.05, 4.69) is 9.83 Å². The van der Waals surface area contributed by atoms with E-state index in [0.717, 1.165) is 36.8 Å². The quantitative estimate of drug-likeness (QED) is 0.848. The van der Waals surface area contributed by atoms with Crippen LogP contribution in [0.2, 0.25) is 0 Å². The molecule has 2 aromatic rings. The molecule has 1 saturated carbocycles. The Morgan fingerprint density at radius 2 is 2.00 bits per heavy atom. The second-order valence-corrected chi connectivity index (χ2v) is 5.25. The summed E-state index contributed by atoms with van der Waals surface area (Å²) in [6, 6.07) is 7.82. The van der Waals surface area contributed by atoms with Crippen LogP contribution in [-0.4, -0.2) is 17.1 Å². The van der Waals surface area contributed by atoms with Crippen LogP contribution in [0.1, 0.15) is 25.7 Å². The molecule has 4 nitrogen and oxygen atoms in total. The van der Waals surface area contributed by atoms with Crippen molar-refractivity contribution < 1.29 is 4.74 Å². The summed E-state index contributed by atoms with van der Waals surface area (Å²) in [5, 5.41) is 0.913. The molecular weight excluding hydrogens is 250 g/mol. The van der Waals surface area contributed by atoms with Crippen LogP contribution < -0.4 is 10.5 Å². The maximum Gasteiger partial charge on any atom is 0.213 e. The molecule has 1 fully saturated rings. The van der Waals surface area contributed by atoms with Gasteiger partial charge in [-0.05, 0) is 43.9 Å². The Morgan fingerprint density at radius 3 is 2.75 bits per heavy atom. The molecule has 2 N–H and O–H groups in total. The molecule has 1 aliphatic rings. The zero-order valence-corrected chi connectivity index (χ0v) is 11.2. The summed E-state index contributed by atoms with van der Waals surface area (Å²) in [6.07, 6.45) is 5.95. The van der Waals surface area contributed by atoms with Gasteiger partial charge in [-0.1, -0.05) is 6.07 Å². The minimum atomic E-state index is 0.219. The largest absolute Gasteiger partial charge is 0.490 e. The molecule has 0 bridgehead atoms. The lowest BCUT2D eigenvalue weighted by Crippen LogP contribution is -2.31. The number of rotatable bonds is 2. The molecule has 4 heteroatoms. The topological polar surface area (TPSA) is 52.5 Å². The van der Waals surface area contributed by atoms with Crippen molar-refractivity contribution in [3.63, 3.8) is 0 Å². The Balaban J connectivity index is 1.91. The second kappa shape index (κ2) is 5.48. The van der Waals surface area contributed by atoms with Crippen LogP contribution in [0.5, 0.6) is 5.75 Å². The van der Waals surface area contributed by atoms with Crippen LogP contribution in [0.3, 0.4) is 0 Å². The van der Waals surface area contributed by atoms with Crippen molar-refractivity contribution in [2.75, 3.05) is 0 Å². The van der Waals surface area contributed by atoms with Crippen molar-refractivity contribution in [3.8, 4) is 5.75 Å². The third-order valence-corrected chi connectivity index (χ3v) is 3.84. The van der Waals surface area contributed by atoms with Gasteiger partial charge < -0.3 is 10.5 Å². The van der Waals surface area contributed by atoms with Gasteiger partial charge in [0.25, 0.3) is 0 Å². The molecular formula is C16H17N3O. The van der Waals surface area contributed by atoms with Gasteiger partial charge in [0.1, 0.15) is 5.75 Å². The number of nitrogens with two attached hydrogens (primary N) is 1. The molecule has 0 atom stereocenters. The van der Waals surface area contributed by atoms with Crippen LogP contribution in [-0.2, 0) is 0 Å². The third-order valence-electron chi connectivity index (χ3n) is 3.84. The van der Waals surface area contributed by atoms with E-state index in [1.165, 1.54) is 0 Å². The summed E-state index contributed by atoms with van der Waals surface area (Å²) in [4.78, 5) is 7.82. The van der Waals surface area contributed by atoms with E-state index in [-0.39, 0.29) is 6.10 Å². The SMILES string of the molecule is [C-]#[N+]c1ccc(OC2CCC(N)CC2)c2cccnc12. The fourth-order valence-electron chi connectivity index (χ4n) is 2.71. The lowest BCUT2D eigenvalue weighted by atomic mass is 9.93. The highest BCUT2D eigenvalue weighted by molar-refractivity contribution is 5.95. The van der Waals surface area contributed by atoms with E-state index in [1.54, 1.807) is 12.3 Å². The molecule has 0 spiro atoms. The van der Waals surface area contributed by atoms with Gasteiger partial charge in [0.15, 0.2) is 0 Å². The van der Waals surface area contributed by atoms with Crippen LogP contribution in [0.4, 0.5) is 5.69 Å². The summed E-state index contributed by atoms with van der Waals surface area (Å²) in [6.45, 7) is 7.20. The van der Waals surface area contributed by atoms with Gasteiger partial charge in [-0.2, -0.15) is 0 Å². The fourth-order valence-corrected chi connectivity index (χ4v) is 2.71. The lowest BCUT2D eigenvalue weighted by Gasteiger charge is -2.27. The number of benzene rings is 1. The van der Waals surface area contributed by atoms with Gasteiger partial charge in [-0.15, -0.1) is 0 Å². The van der Waals surface area contributed by atoms with E-state index >= 15 is 0 Å². The average molecular weight is 267 g/mol. The first-order chi connectivity index (χ1) is 9.78. The molecule has 0 saturated heterocycles. The highest BCUT2D eigenvalue weighted by Crippen LogP contribution is 2.33. The molecule has 1 aromatic heterocycles. The van der Waals surface area contributed by atoms with Crippen molar-refractivity contribution in [1.82, 2.24) is 4.98 Å². The Kier molecular flexibility index (Phi) is 3.53. The smallest absolute Gasteiger partial charge is 0.213 e. The molecule has 3 rings (SSSR count). The van der Waals surface area contributed by atoms with Gasteiger partial charge in [0.05, 0.1) is 18.2 Å². The minimum absolute atomic E-state index is 0.219. The first-order valence-corrected chi connectivity index (χ1v) is 6.95. The third kappa shape index (κ3) is 2.45. The average Bonchev–Trinajstić information content (AvgIpc) is 2.50. The monoisotopic (exact) mass is 267 g/mol. The Morgan fingerprint density at radius 1 is 1.20 bits per heavy atom. The standard InChI is InChI=1S/C16H17N3O/c1-18-14-8-9-15(13-3-2-10-19-16(13)14)20-12-6-4-11(17)5-7-12/h2-3,8-12H,4-7,17H2. The number of fused-ring (bicyclic) bond motifs is 1. The van der Waals surface area contributed by atoms with Crippen LogP contribution in [0.25, 0.3) is 15.7 Å². The molecule has 1 heterocycles. The van der Waals surface area contributed by atoms with Crippen molar-refractivity contribution >= 4 is 16.6 Å². The fraction of sp³-hybridized carbons (Fsp3) is 0.375. The van der Waals surface area contributed by atoms with Crippen molar-refractivity contribution in [1.29, 1.82) is 0 Å². The molecule has 1 aliphatic carbocycles. The van der Waals surface area contributed by atoms with E-state index in [9.17, 15) is 0 Å². The Bertz CT molecular complexity index is 654. The highest BCUT2D eigenvalue weighted by atomic mass is 16.5. The number of pyridine rings is 1. The number of aromatic nitrogens is 1. The Labute approximate surface area is 118 Å². The Hall–Kier alpha value is -2.12. The van der Waals surface area contributed by atoms with Gasteiger partial charge >= 0.3 is 0 Å². The van der Waals surface area contributed by atoms with Gasteiger partial charge in [0.2, 0.25) is 5.69 Å². The second-order valence-electron chi connectivity index (χ2n) is 5.25. The number of ether oxygens (including phenoxy) is 1. The molecule has 1 aromatic carbocycles. The van der Waals surface area contributed by atoms with Crippen molar-refractivity contribution in [2.45, 2.75) is 37.8 Å². The molecule has 102 valence electrons. The maximum atomic E-state index is 7.20. The van der Waals surface area contributed by atoms with E-state index in [0.29, 0.717) is 17.2 Å². The van der Waals surface area contributed by atoms with Crippen LogP contribution in [0, 0.1) is 6.57 Å². The first-order valence-electron chi connectivity index (χ1n) is 6.95. The molecule has 20 heavy (non-hydrogen) atoms. The number of nitrogens with zero attached hydrogens (tertiary/aromatic N) is 2.